The van der Waals surface area contributed by atoms with Gasteiger partial charge in [0.05, 0.1) is 0 Å². The molecule has 3 N–H and O–H groups in total. The molecule has 0 saturated carbocycles. The standard InChI is InChI=1S/C21H22Cl2N2O3/c1-21(2,20-16(22)4-3-5-17(20)23)13-25-19(27)11-8-14-6-9-15(10-7-14)28-12-18(24)26/h3-11H,12-13H2,1-2H3,(H2,24,26)(H,25,27). The highest BCUT2D eigenvalue weighted by atomic mass is 35.5. The monoisotopic (exact) mass is 420 g/mol. The molecule has 0 unspecified atom stereocenters. The number of amides is 2. The minimum Gasteiger partial charge on any atom is -0.484 e. The molecule has 2 rings (SSSR count). The van der Waals surface area contributed by atoms with Crippen LogP contribution in [-0.2, 0) is 15.0 Å². The van der Waals surface area contributed by atoms with Crippen LogP contribution in [0, 0.1) is 0 Å². The van der Waals surface area contributed by atoms with E-state index in [9.17, 15) is 9.59 Å². The van der Waals surface area contributed by atoms with Gasteiger partial charge in [0.25, 0.3) is 5.91 Å². The molecule has 0 spiro atoms. The van der Waals surface area contributed by atoms with Gasteiger partial charge in [0.15, 0.2) is 6.61 Å². The van der Waals surface area contributed by atoms with Gasteiger partial charge in [-0.3, -0.25) is 9.59 Å². The Hall–Kier alpha value is -2.50. The molecule has 7 heteroatoms. The van der Waals surface area contributed by atoms with Crippen molar-refractivity contribution in [3.05, 3.63) is 69.7 Å². The number of carbonyl (C=O) groups is 2. The van der Waals surface area contributed by atoms with Crippen molar-refractivity contribution in [2.75, 3.05) is 13.2 Å². The molecule has 2 aromatic carbocycles. The highest BCUT2D eigenvalue weighted by Gasteiger charge is 2.26. The van der Waals surface area contributed by atoms with Crippen LogP contribution in [0.25, 0.3) is 6.08 Å². The summed E-state index contributed by atoms with van der Waals surface area (Å²) in [6.45, 7) is 4.13. The summed E-state index contributed by atoms with van der Waals surface area (Å²) in [4.78, 5) is 22.9. The molecule has 148 valence electrons. The van der Waals surface area contributed by atoms with Gasteiger partial charge in [0.2, 0.25) is 5.91 Å². The Kier molecular flexibility index (Phi) is 7.49. The summed E-state index contributed by atoms with van der Waals surface area (Å²) >= 11 is 12.6. The number of hydrogen-bond donors (Lipinski definition) is 2. The molecule has 2 aromatic rings. The predicted octanol–water partition coefficient (Wildman–Crippen LogP) is 3.96. The fourth-order valence-corrected chi connectivity index (χ4v) is 3.51. The van der Waals surface area contributed by atoms with E-state index in [1.54, 1.807) is 48.5 Å². The second-order valence-electron chi connectivity index (χ2n) is 6.86. The molecule has 0 aromatic heterocycles. The van der Waals surface area contributed by atoms with E-state index in [1.807, 2.05) is 13.8 Å². The zero-order valence-corrected chi connectivity index (χ0v) is 17.2. The molecule has 0 saturated heterocycles. The SMILES string of the molecule is CC(C)(CNC(=O)C=Cc1ccc(OCC(N)=O)cc1)c1c(Cl)cccc1Cl. The number of ether oxygens (including phenoxy) is 1. The molecule has 0 atom stereocenters. The zero-order valence-electron chi connectivity index (χ0n) is 15.7. The van der Waals surface area contributed by atoms with Crippen molar-refractivity contribution in [1.29, 1.82) is 0 Å². The molecule has 0 aliphatic carbocycles. The Morgan fingerprint density at radius 3 is 2.29 bits per heavy atom. The van der Waals surface area contributed by atoms with Gasteiger partial charge in [-0.15, -0.1) is 0 Å². The van der Waals surface area contributed by atoms with Gasteiger partial charge in [-0.2, -0.15) is 0 Å². The van der Waals surface area contributed by atoms with Crippen LogP contribution in [0.3, 0.4) is 0 Å². The van der Waals surface area contributed by atoms with Crippen molar-refractivity contribution >= 4 is 41.1 Å². The van der Waals surface area contributed by atoms with Crippen LogP contribution in [0.5, 0.6) is 5.75 Å². The number of nitrogens with one attached hydrogen (secondary N) is 1. The molecule has 5 nitrogen and oxygen atoms in total. The predicted molar refractivity (Wildman–Crippen MR) is 113 cm³/mol. The van der Waals surface area contributed by atoms with Crippen LogP contribution in [0.4, 0.5) is 0 Å². The molecule has 0 bridgehead atoms. The van der Waals surface area contributed by atoms with Gasteiger partial charge in [0.1, 0.15) is 5.75 Å². The zero-order chi connectivity index (χ0) is 20.7. The van der Waals surface area contributed by atoms with Crippen molar-refractivity contribution in [3.8, 4) is 5.75 Å². The number of halogens is 2. The van der Waals surface area contributed by atoms with Gasteiger partial charge in [-0.1, -0.05) is 55.2 Å². The van der Waals surface area contributed by atoms with E-state index in [4.69, 9.17) is 33.7 Å². The Bertz CT molecular complexity index is 857. The fourth-order valence-electron chi connectivity index (χ4n) is 2.60. The summed E-state index contributed by atoms with van der Waals surface area (Å²) in [5.41, 5.74) is 6.21. The number of hydrogen-bond acceptors (Lipinski definition) is 3. The Balaban J connectivity index is 1.93. The van der Waals surface area contributed by atoms with Gasteiger partial charge in [0, 0.05) is 28.1 Å². The van der Waals surface area contributed by atoms with Crippen molar-refractivity contribution < 1.29 is 14.3 Å². The molecule has 28 heavy (non-hydrogen) atoms. The second kappa shape index (κ2) is 9.62. The summed E-state index contributed by atoms with van der Waals surface area (Å²) < 4.78 is 5.19. The molecule has 0 aliphatic heterocycles. The first-order chi connectivity index (χ1) is 13.2. The Morgan fingerprint density at radius 1 is 1.11 bits per heavy atom. The normalized spacial score (nSPS) is 11.4. The maximum absolute atomic E-state index is 12.2. The van der Waals surface area contributed by atoms with Crippen molar-refractivity contribution in [3.63, 3.8) is 0 Å². The highest BCUT2D eigenvalue weighted by Crippen LogP contribution is 2.35. The van der Waals surface area contributed by atoms with Crippen LogP contribution in [0.2, 0.25) is 10.0 Å². The van der Waals surface area contributed by atoms with E-state index in [0.717, 1.165) is 11.1 Å². The van der Waals surface area contributed by atoms with E-state index >= 15 is 0 Å². The largest absolute Gasteiger partial charge is 0.484 e. The van der Waals surface area contributed by atoms with Crippen LogP contribution < -0.4 is 15.8 Å². The fraction of sp³-hybridized carbons (Fsp3) is 0.238. The summed E-state index contributed by atoms with van der Waals surface area (Å²) in [6.07, 6.45) is 3.13. The number of carbonyl (C=O) groups excluding carboxylic acids is 2. The van der Waals surface area contributed by atoms with Crippen LogP contribution in [-0.4, -0.2) is 25.0 Å². The Labute approximate surface area is 174 Å². The smallest absolute Gasteiger partial charge is 0.255 e. The second-order valence-corrected chi connectivity index (χ2v) is 7.67. The van der Waals surface area contributed by atoms with Gasteiger partial charge in [-0.25, -0.2) is 0 Å². The maximum atomic E-state index is 12.2. The van der Waals surface area contributed by atoms with Gasteiger partial charge in [-0.05, 0) is 41.5 Å². The van der Waals surface area contributed by atoms with E-state index in [2.05, 4.69) is 5.32 Å². The molecule has 0 fully saturated rings. The third kappa shape index (κ3) is 6.29. The summed E-state index contributed by atoms with van der Waals surface area (Å²) in [5.74, 6) is -0.245. The minimum absolute atomic E-state index is 0.178. The first kappa shape index (κ1) is 21.8. The Morgan fingerprint density at radius 2 is 1.71 bits per heavy atom. The lowest BCUT2D eigenvalue weighted by Gasteiger charge is -2.27. The van der Waals surface area contributed by atoms with E-state index in [1.165, 1.54) is 6.08 Å². The van der Waals surface area contributed by atoms with E-state index in [-0.39, 0.29) is 12.5 Å². The topological polar surface area (TPSA) is 81.4 Å². The lowest BCUT2D eigenvalue weighted by atomic mass is 9.84. The molecular weight excluding hydrogens is 399 g/mol. The molecular formula is C21H22Cl2N2O3. The van der Waals surface area contributed by atoms with Crippen molar-refractivity contribution in [1.82, 2.24) is 5.32 Å². The van der Waals surface area contributed by atoms with Crippen LogP contribution in [0.1, 0.15) is 25.0 Å². The van der Waals surface area contributed by atoms with Crippen molar-refractivity contribution in [2.24, 2.45) is 5.73 Å². The lowest BCUT2D eigenvalue weighted by Crippen LogP contribution is -2.36. The summed E-state index contributed by atoms with van der Waals surface area (Å²) in [6, 6.07) is 12.3. The van der Waals surface area contributed by atoms with E-state index in [0.29, 0.717) is 22.3 Å². The third-order valence-corrected chi connectivity index (χ3v) is 4.66. The number of primary amides is 1. The van der Waals surface area contributed by atoms with Crippen LogP contribution in [0.15, 0.2) is 48.5 Å². The number of benzene rings is 2. The van der Waals surface area contributed by atoms with Gasteiger partial charge < -0.3 is 15.8 Å². The third-order valence-electron chi connectivity index (χ3n) is 4.03. The molecule has 0 radical (unpaired) electrons. The molecule has 0 aliphatic rings. The van der Waals surface area contributed by atoms with Gasteiger partial charge >= 0.3 is 0 Å². The average molecular weight is 421 g/mol. The first-order valence-corrected chi connectivity index (χ1v) is 9.36. The minimum atomic E-state index is -0.540. The molecule has 0 heterocycles. The summed E-state index contributed by atoms with van der Waals surface area (Å²) in [5, 5.41) is 4.01. The highest BCUT2D eigenvalue weighted by molar-refractivity contribution is 6.36. The van der Waals surface area contributed by atoms with E-state index < -0.39 is 11.3 Å². The number of rotatable bonds is 8. The maximum Gasteiger partial charge on any atom is 0.255 e. The number of nitrogens with two attached hydrogens (primary N) is 1. The lowest BCUT2D eigenvalue weighted by molar-refractivity contribution is -0.120. The average Bonchev–Trinajstić information content (AvgIpc) is 2.63. The van der Waals surface area contributed by atoms with Crippen molar-refractivity contribution in [2.45, 2.75) is 19.3 Å². The quantitative estimate of drug-likeness (QED) is 0.633. The molecule has 2 amide bonds. The van der Waals surface area contributed by atoms with Crippen LogP contribution >= 0.6 is 23.2 Å². The summed E-state index contributed by atoms with van der Waals surface area (Å²) in [7, 11) is 0. The first-order valence-electron chi connectivity index (χ1n) is 8.60.